The SMILES string of the molecule is CCNC(=NCc1c(C)nn(C)c1C)NCCCNC(=O)c1cccc(Br)c1.I. The van der Waals surface area contributed by atoms with Gasteiger partial charge in [0, 0.05) is 48.0 Å². The fraction of sp³-hybridized carbons (Fsp3) is 0.450. The molecular weight excluding hydrogens is 547 g/mol. The zero-order chi connectivity index (χ0) is 20.5. The molecule has 1 heterocycles. The predicted octanol–water partition coefficient (Wildman–Crippen LogP) is 3.29. The summed E-state index contributed by atoms with van der Waals surface area (Å²) in [5, 5.41) is 13.9. The molecule has 0 unspecified atom stereocenters. The Kier molecular flexibility index (Phi) is 11.3. The van der Waals surface area contributed by atoms with Crippen LogP contribution in [0.1, 0.15) is 40.7 Å². The van der Waals surface area contributed by atoms with Crippen LogP contribution in [0.2, 0.25) is 0 Å². The van der Waals surface area contributed by atoms with E-state index in [9.17, 15) is 4.79 Å². The molecule has 2 aromatic rings. The molecule has 1 amide bonds. The molecule has 1 aromatic carbocycles. The number of aliphatic imine (C=N–C) groups is 1. The number of carbonyl (C=O) groups excluding carboxylic acids is 1. The maximum Gasteiger partial charge on any atom is 0.251 e. The molecule has 7 nitrogen and oxygen atoms in total. The van der Waals surface area contributed by atoms with Gasteiger partial charge in [0.15, 0.2) is 5.96 Å². The van der Waals surface area contributed by atoms with Crippen molar-refractivity contribution in [1.82, 2.24) is 25.7 Å². The first kappa shape index (κ1) is 25.4. The first-order valence-electron chi connectivity index (χ1n) is 9.47. The summed E-state index contributed by atoms with van der Waals surface area (Å²) in [4.78, 5) is 16.8. The summed E-state index contributed by atoms with van der Waals surface area (Å²) < 4.78 is 2.78. The minimum Gasteiger partial charge on any atom is -0.357 e. The Labute approximate surface area is 198 Å². The maximum atomic E-state index is 12.1. The van der Waals surface area contributed by atoms with Gasteiger partial charge in [-0.25, -0.2) is 4.99 Å². The van der Waals surface area contributed by atoms with Crippen LogP contribution >= 0.6 is 39.9 Å². The summed E-state index contributed by atoms with van der Waals surface area (Å²) in [6, 6.07) is 7.37. The van der Waals surface area contributed by atoms with Crippen molar-refractivity contribution >= 4 is 51.8 Å². The van der Waals surface area contributed by atoms with E-state index in [1.54, 1.807) is 6.07 Å². The van der Waals surface area contributed by atoms with Crippen LogP contribution in [0.3, 0.4) is 0 Å². The fourth-order valence-corrected chi connectivity index (χ4v) is 3.17. The molecule has 29 heavy (non-hydrogen) atoms. The first-order chi connectivity index (χ1) is 13.4. The number of rotatable bonds is 8. The Morgan fingerprint density at radius 3 is 2.55 bits per heavy atom. The highest BCUT2D eigenvalue weighted by molar-refractivity contribution is 14.0. The van der Waals surface area contributed by atoms with Gasteiger partial charge in [-0.2, -0.15) is 5.10 Å². The molecule has 0 radical (unpaired) electrons. The number of hydrogen-bond donors (Lipinski definition) is 3. The van der Waals surface area contributed by atoms with Gasteiger partial charge in [0.2, 0.25) is 0 Å². The molecule has 0 bridgehead atoms. The highest BCUT2D eigenvalue weighted by Crippen LogP contribution is 2.13. The minimum absolute atomic E-state index is 0. The molecule has 0 fully saturated rings. The van der Waals surface area contributed by atoms with Crippen LogP contribution in [0.15, 0.2) is 33.7 Å². The van der Waals surface area contributed by atoms with E-state index in [0.29, 0.717) is 18.7 Å². The lowest BCUT2D eigenvalue weighted by molar-refractivity contribution is 0.0953. The van der Waals surface area contributed by atoms with Crippen molar-refractivity contribution in [2.45, 2.75) is 33.7 Å². The van der Waals surface area contributed by atoms with Crippen LogP contribution < -0.4 is 16.0 Å². The summed E-state index contributed by atoms with van der Waals surface area (Å²) in [6.07, 6.45) is 0.801. The molecule has 0 saturated carbocycles. The zero-order valence-corrected chi connectivity index (χ0v) is 21.3. The number of amides is 1. The van der Waals surface area contributed by atoms with E-state index in [1.165, 1.54) is 0 Å². The molecule has 160 valence electrons. The van der Waals surface area contributed by atoms with Gasteiger partial charge >= 0.3 is 0 Å². The van der Waals surface area contributed by atoms with Crippen molar-refractivity contribution in [1.29, 1.82) is 0 Å². The lowest BCUT2D eigenvalue weighted by Crippen LogP contribution is -2.38. The average molecular weight is 577 g/mol. The Morgan fingerprint density at radius 1 is 1.21 bits per heavy atom. The van der Waals surface area contributed by atoms with Gasteiger partial charge in [-0.1, -0.05) is 22.0 Å². The second-order valence-corrected chi connectivity index (χ2v) is 7.43. The lowest BCUT2D eigenvalue weighted by atomic mass is 10.2. The third-order valence-electron chi connectivity index (χ3n) is 4.42. The van der Waals surface area contributed by atoms with E-state index < -0.39 is 0 Å². The first-order valence-corrected chi connectivity index (χ1v) is 10.3. The van der Waals surface area contributed by atoms with Crippen LogP contribution in [0.5, 0.6) is 0 Å². The van der Waals surface area contributed by atoms with E-state index in [-0.39, 0.29) is 29.9 Å². The van der Waals surface area contributed by atoms with Crippen LogP contribution in [-0.2, 0) is 13.6 Å². The number of halogens is 2. The molecule has 0 spiro atoms. The lowest BCUT2D eigenvalue weighted by Gasteiger charge is -2.12. The van der Waals surface area contributed by atoms with Gasteiger partial charge in [0.1, 0.15) is 0 Å². The average Bonchev–Trinajstić information content (AvgIpc) is 2.91. The fourth-order valence-electron chi connectivity index (χ4n) is 2.78. The number of hydrogen-bond acceptors (Lipinski definition) is 3. The van der Waals surface area contributed by atoms with E-state index >= 15 is 0 Å². The monoisotopic (exact) mass is 576 g/mol. The molecule has 0 aliphatic rings. The standard InChI is InChI=1S/C20H29BrN6O.HI/c1-5-22-20(25-13-18-14(2)26-27(4)15(18)3)24-11-7-10-23-19(28)16-8-6-9-17(21)12-16;/h6,8-9,12H,5,7,10-11,13H2,1-4H3,(H,23,28)(H2,22,24,25);1H. The second kappa shape index (κ2) is 12.8. The number of aromatic nitrogens is 2. The van der Waals surface area contributed by atoms with Gasteiger partial charge in [0.25, 0.3) is 5.91 Å². The minimum atomic E-state index is -0.0654. The molecule has 9 heteroatoms. The van der Waals surface area contributed by atoms with E-state index in [0.717, 1.165) is 46.9 Å². The highest BCUT2D eigenvalue weighted by atomic mass is 127. The van der Waals surface area contributed by atoms with Crippen LogP contribution in [0, 0.1) is 13.8 Å². The molecular formula is C20H30BrIN6O. The summed E-state index contributed by atoms with van der Waals surface area (Å²) >= 11 is 3.38. The number of aryl methyl sites for hydroxylation is 2. The molecule has 1 aromatic heterocycles. The normalized spacial score (nSPS) is 11.0. The number of nitrogens with zero attached hydrogens (tertiary/aromatic N) is 3. The Hall–Kier alpha value is -1.62. The third kappa shape index (κ3) is 7.96. The number of nitrogens with one attached hydrogen (secondary N) is 3. The van der Waals surface area contributed by atoms with Crippen molar-refractivity contribution < 1.29 is 4.79 Å². The summed E-state index contributed by atoms with van der Waals surface area (Å²) in [6.45, 7) is 8.78. The van der Waals surface area contributed by atoms with E-state index in [4.69, 9.17) is 0 Å². The quantitative estimate of drug-likeness (QED) is 0.195. The van der Waals surface area contributed by atoms with Crippen molar-refractivity contribution in [2.75, 3.05) is 19.6 Å². The van der Waals surface area contributed by atoms with Crippen molar-refractivity contribution in [3.63, 3.8) is 0 Å². The molecule has 0 saturated heterocycles. The number of carbonyl (C=O) groups is 1. The highest BCUT2D eigenvalue weighted by Gasteiger charge is 2.09. The van der Waals surface area contributed by atoms with Crippen LogP contribution in [0.4, 0.5) is 0 Å². The molecule has 3 N–H and O–H groups in total. The molecule has 0 aliphatic carbocycles. The van der Waals surface area contributed by atoms with E-state index in [2.05, 4.69) is 48.9 Å². The summed E-state index contributed by atoms with van der Waals surface area (Å²) in [5.41, 5.74) is 3.95. The second-order valence-electron chi connectivity index (χ2n) is 6.51. The predicted molar refractivity (Wildman–Crippen MR) is 132 cm³/mol. The van der Waals surface area contributed by atoms with E-state index in [1.807, 2.05) is 43.8 Å². The topological polar surface area (TPSA) is 83.3 Å². The van der Waals surface area contributed by atoms with Crippen molar-refractivity contribution in [2.24, 2.45) is 12.0 Å². The largest absolute Gasteiger partial charge is 0.357 e. The van der Waals surface area contributed by atoms with Crippen LogP contribution in [-0.4, -0.2) is 41.3 Å². The van der Waals surface area contributed by atoms with Gasteiger partial charge < -0.3 is 16.0 Å². The number of benzene rings is 1. The Balaban J connectivity index is 0.00000420. The number of guanidine groups is 1. The Morgan fingerprint density at radius 2 is 1.93 bits per heavy atom. The van der Waals surface area contributed by atoms with Gasteiger partial charge in [-0.3, -0.25) is 9.48 Å². The smallest absolute Gasteiger partial charge is 0.251 e. The van der Waals surface area contributed by atoms with Gasteiger partial charge in [-0.05, 0) is 45.4 Å². The van der Waals surface area contributed by atoms with Gasteiger partial charge in [-0.15, -0.1) is 24.0 Å². The van der Waals surface area contributed by atoms with Crippen LogP contribution in [0.25, 0.3) is 0 Å². The maximum absolute atomic E-state index is 12.1. The Bertz CT molecular complexity index is 836. The molecule has 0 aliphatic heterocycles. The zero-order valence-electron chi connectivity index (χ0n) is 17.4. The summed E-state index contributed by atoms with van der Waals surface area (Å²) in [5.74, 6) is 0.702. The van der Waals surface area contributed by atoms with Crippen molar-refractivity contribution in [3.8, 4) is 0 Å². The van der Waals surface area contributed by atoms with Crippen molar-refractivity contribution in [3.05, 3.63) is 51.3 Å². The van der Waals surface area contributed by atoms with Gasteiger partial charge in [0.05, 0.1) is 12.2 Å². The molecule has 0 atom stereocenters. The summed E-state index contributed by atoms with van der Waals surface area (Å²) in [7, 11) is 1.95. The third-order valence-corrected chi connectivity index (χ3v) is 4.91. The molecule has 2 rings (SSSR count).